The Morgan fingerprint density at radius 1 is 1.22 bits per heavy atom. The van der Waals surface area contributed by atoms with Crippen molar-refractivity contribution < 1.29 is 18.0 Å². The summed E-state index contributed by atoms with van der Waals surface area (Å²) in [6.07, 6.45) is 0.845. The van der Waals surface area contributed by atoms with E-state index in [2.05, 4.69) is 5.32 Å². The summed E-state index contributed by atoms with van der Waals surface area (Å²) >= 11 is 0. The lowest BCUT2D eigenvalue weighted by Crippen LogP contribution is -2.47. The molecule has 1 fully saturated rings. The third-order valence-corrected chi connectivity index (χ3v) is 4.20. The second kappa shape index (κ2) is 7.23. The van der Waals surface area contributed by atoms with Gasteiger partial charge in [-0.15, -0.1) is 0 Å². The van der Waals surface area contributed by atoms with Crippen LogP contribution in [-0.4, -0.2) is 23.0 Å². The van der Waals surface area contributed by atoms with Crippen molar-refractivity contribution in [1.29, 1.82) is 0 Å². The van der Waals surface area contributed by atoms with Crippen LogP contribution < -0.4 is 5.32 Å². The maximum atomic E-state index is 12.8. The van der Waals surface area contributed by atoms with Crippen LogP contribution in [0.15, 0.2) is 24.3 Å². The van der Waals surface area contributed by atoms with Crippen LogP contribution in [-0.2, 0) is 6.18 Å². The second-order valence-electron chi connectivity index (χ2n) is 6.30. The minimum Gasteiger partial charge on any atom is -0.319 e. The number of carbonyl (C=O) groups excluding carboxylic acids is 1. The highest BCUT2D eigenvalue weighted by molar-refractivity contribution is 5.89. The molecule has 0 unspecified atom stereocenters. The lowest BCUT2D eigenvalue weighted by atomic mass is 9.93. The molecular formula is C17H23F3N2O. The van der Waals surface area contributed by atoms with E-state index in [-0.39, 0.29) is 23.8 Å². The highest BCUT2D eigenvalue weighted by Gasteiger charge is 2.31. The van der Waals surface area contributed by atoms with Crippen LogP contribution in [0.2, 0.25) is 0 Å². The van der Waals surface area contributed by atoms with E-state index in [4.69, 9.17) is 0 Å². The monoisotopic (exact) mass is 328 g/mol. The van der Waals surface area contributed by atoms with Gasteiger partial charge in [-0.3, -0.25) is 0 Å². The van der Waals surface area contributed by atoms with Gasteiger partial charge in [-0.25, -0.2) is 4.79 Å². The Balaban J connectivity index is 2.12. The van der Waals surface area contributed by atoms with Gasteiger partial charge in [-0.2, -0.15) is 13.2 Å². The summed E-state index contributed by atoms with van der Waals surface area (Å²) in [7, 11) is 0. The van der Waals surface area contributed by atoms with E-state index in [9.17, 15) is 18.0 Å². The fourth-order valence-electron chi connectivity index (χ4n) is 3.14. The fourth-order valence-corrected chi connectivity index (χ4v) is 3.14. The fraction of sp³-hybridized carbons (Fsp3) is 0.588. The van der Waals surface area contributed by atoms with Gasteiger partial charge < -0.3 is 10.2 Å². The summed E-state index contributed by atoms with van der Waals surface area (Å²) < 4.78 is 38.3. The average Bonchev–Trinajstić information content (AvgIpc) is 2.47. The molecule has 0 aromatic heterocycles. The highest BCUT2D eigenvalue weighted by Crippen LogP contribution is 2.31. The quantitative estimate of drug-likeness (QED) is 0.804. The zero-order valence-electron chi connectivity index (χ0n) is 13.5. The van der Waals surface area contributed by atoms with Crippen molar-refractivity contribution in [3.8, 4) is 0 Å². The molecule has 6 heteroatoms. The Kier molecular flexibility index (Phi) is 5.55. The third-order valence-electron chi connectivity index (χ3n) is 4.20. The van der Waals surface area contributed by atoms with Gasteiger partial charge in [0.2, 0.25) is 0 Å². The number of nitrogens with one attached hydrogen (secondary N) is 1. The van der Waals surface area contributed by atoms with Crippen LogP contribution in [0.1, 0.15) is 51.5 Å². The van der Waals surface area contributed by atoms with E-state index in [0.29, 0.717) is 0 Å². The number of anilines is 1. The van der Waals surface area contributed by atoms with E-state index in [1.807, 2.05) is 13.8 Å². The van der Waals surface area contributed by atoms with Crippen molar-refractivity contribution in [3.05, 3.63) is 29.8 Å². The zero-order chi connectivity index (χ0) is 17.0. The Bertz CT molecular complexity index is 537. The summed E-state index contributed by atoms with van der Waals surface area (Å²) in [5.41, 5.74) is -0.588. The predicted molar refractivity (Wildman–Crippen MR) is 84.3 cm³/mol. The summed E-state index contributed by atoms with van der Waals surface area (Å²) in [6.45, 7) is 3.86. The molecular weight excluding hydrogens is 305 g/mol. The van der Waals surface area contributed by atoms with Crippen LogP contribution in [0.25, 0.3) is 0 Å². The molecule has 0 aliphatic heterocycles. The van der Waals surface area contributed by atoms with Gasteiger partial charge in [-0.05, 0) is 44.9 Å². The maximum Gasteiger partial charge on any atom is 0.416 e. The molecule has 0 radical (unpaired) electrons. The van der Waals surface area contributed by atoms with Crippen LogP contribution >= 0.6 is 0 Å². The smallest absolute Gasteiger partial charge is 0.319 e. The van der Waals surface area contributed by atoms with Gasteiger partial charge in [0.15, 0.2) is 0 Å². The normalized spacial score (nSPS) is 16.4. The molecule has 0 atom stereocenters. The Labute approximate surface area is 134 Å². The number of halogens is 3. The van der Waals surface area contributed by atoms with E-state index in [1.165, 1.54) is 18.6 Å². The van der Waals surface area contributed by atoms with Gasteiger partial charge >= 0.3 is 12.2 Å². The maximum absolute atomic E-state index is 12.8. The molecule has 0 saturated heterocycles. The zero-order valence-corrected chi connectivity index (χ0v) is 13.5. The number of urea groups is 1. The van der Waals surface area contributed by atoms with E-state index < -0.39 is 11.7 Å². The van der Waals surface area contributed by atoms with Crippen molar-refractivity contribution in [3.63, 3.8) is 0 Å². The Morgan fingerprint density at radius 3 is 2.43 bits per heavy atom. The lowest BCUT2D eigenvalue weighted by Gasteiger charge is -2.37. The number of benzene rings is 1. The number of hydrogen-bond donors (Lipinski definition) is 1. The van der Waals surface area contributed by atoms with E-state index in [1.54, 1.807) is 4.90 Å². The molecule has 3 nitrogen and oxygen atoms in total. The molecule has 1 aromatic rings. The highest BCUT2D eigenvalue weighted by atomic mass is 19.4. The summed E-state index contributed by atoms with van der Waals surface area (Å²) in [5.74, 6) is 0. The van der Waals surface area contributed by atoms with Crippen LogP contribution in [0.3, 0.4) is 0 Å². The number of nitrogens with zero attached hydrogens (tertiary/aromatic N) is 1. The molecule has 1 N–H and O–H groups in total. The Hall–Kier alpha value is -1.72. The Morgan fingerprint density at radius 2 is 1.87 bits per heavy atom. The number of hydrogen-bond acceptors (Lipinski definition) is 1. The van der Waals surface area contributed by atoms with Crippen molar-refractivity contribution >= 4 is 11.7 Å². The molecule has 0 bridgehead atoms. The van der Waals surface area contributed by atoms with Gasteiger partial charge in [0.05, 0.1) is 5.56 Å². The first-order valence-corrected chi connectivity index (χ1v) is 8.05. The van der Waals surface area contributed by atoms with Crippen LogP contribution in [0.5, 0.6) is 0 Å². The first-order chi connectivity index (χ1) is 10.8. The minimum atomic E-state index is -4.41. The number of amides is 2. The predicted octanol–water partition coefficient (Wildman–Crippen LogP) is 5.28. The van der Waals surface area contributed by atoms with Crippen molar-refractivity contribution in [2.45, 2.75) is 64.2 Å². The molecule has 1 aliphatic carbocycles. The van der Waals surface area contributed by atoms with Gasteiger partial charge in [-0.1, -0.05) is 25.3 Å². The van der Waals surface area contributed by atoms with Gasteiger partial charge in [0.1, 0.15) is 0 Å². The lowest BCUT2D eigenvalue weighted by molar-refractivity contribution is -0.137. The van der Waals surface area contributed by atoms with E-state index >= 15 is 0 Å². The van der Waals surface area contributed by atoms with Crippen molar-refractivity contribution in [2.75, 3.05) is 5.32 Å². The molecule has 1 aliphatic rings. The van der Waals surface area contributed by atoms with Crippen molar-refractivity contribution in [1.82, 2.24) is 4.90 Å². The summed E-state index contributed by atoms with van der Waals surface area (Å²) in [5, 5.41) is 2.62. The van der Waals surface area contributed by atoms with E-state index in [0.717, 1.165) is 37.8 Å². The van der Waals surface area contributed by atoms with Crippen LogP contribution in [0.4, 0.5) is 23.7 Å². The minimum absolute atomic E-state index is 0.00361. The van der Waals surface area contributed by atoms with Crippen molar-refractivity contribution in [2.24, 2.45) is 0 Å². The largest absolute Gasteiger partial charge is 0.416 e. The molecule has 128 valence electrons. The average molecular weight is 328 g/mol. The van der Waals surface area contributed by atoms with Gasteiger partial charge in [0, 0.05) is 17.8 Å². The standard InChI is InChI=1S/C17H23F3N2O/c1-12(2)22(15-9-4-3-5-10-15)16(23)21-14-8-6-7-13(11-14)17(18,19)20/h6-8,11-12,15H,3-5,9-10H2,1-2H3,(H,21,23). The molecule has 1 aromatic carbocycles. The molecule has 23 heavy (non-hydrogen) atoms. The van der Waals surface area contributed by atoms with Crippen LogP contribution in [0, 0.1) is 0 Å². The summed E-state index contributed by atoms with van der Waals surface area (Å²) in [4.78, 5) is 14.3. The number of carbonyl (C=O) groups is 1. The first kappa shape index (κ1) is 17.6. The molecule has 1 saturated carbocycles. The van der Waals surface area contributed by atoms with Gasteiger partial charge in [0.25, 0.3) is 0 Å². The molecule has 2 rings (SSSR count). The summed E-state index contributed by atoms with van der Waals surface area (Å²) in [6, 6.07) is 4.59. The number of alkyl halides is 3. The second-order valence-corrected chi connectivity index (χ2v) is 6.30. The topological polar surface area (TPSA) is 32.3 Å². The third kappa shape index (κ3) is 4.62. The molecule has 2 amide bonds. The first-order valence-electron chi connectivity index (χ1n) is 8.05. The molecule has 0 heterocycles. The molecule has 0 spiro atoms. The SMILES string of the molecule is CC(C)N(C(=O)Nc1cccc(C(F)(F)F)c1)C1CCCCC1. The number of rotatable bonds is 3.